The third-order valence-electron chi connectivity index (χ3n) is 3.70. The second-order valence-corrected chi connectivity index (χ2v) is 6.36. The number of halogens is 1. The van der Waals surface area contributed by atoms with E-state index in [1.165, 1.54) is 6.20 Å². The largest absolute Gasteiger partial charge is 0.439 e. The van der Waals surface area contributed by atoms with E-state index in [4.69, 9.17) is 14.2 Å². The molecule has 0 aliphatic carbocycles. The van der Waals surface area contributed by atoms with Gasteiger partial charge < -0.3 is 14.2 Å². The van der Waals surface area contributed by atoms with Crippen LogP contribution < -0.4 is 4.74 Å². The van der Waals surface area contributed by atoms with Crippen molar-refractivity contribution in [2.45, 2.75) is 32.2 Å². The fraction of sp³-hybridized carbons (Fsp3) is 0.333. The predicted octanol–water partition coefficient (Wildman–Crippen LogP) is 4.49. The summed E-state index contributed by atoms with van der Waals surface area (Å²) in [5.41, 5.74) is 1.49. The minimum Gasteiger partial charge on any atom is -0.439 e. The Morgan fingerprint density at radius 1 is 1.29 bits per heavy atom. The molecule has 0 spiro atoms. The second-order valence-electron chi connectivity index (χ2n) is 5.51. The second kappa shape index (κ2) is 8.37. The zero-order chi connectivity index (χ0) is 16.8. The molecule has 1 aliphatic heterocycles. The van der Waals surface area contributed by atoms with Crippen LogP contribution in [0.1, 0.15) is 35.2 Å². The van der Waals surface area contributed by atoms with E-state index in [-0.39, 0.29) is 6.29 Å². The number of rotatable bonds is 6. The third-order valence-corrected chi connectivity index (χ3v) is 4.47. The Labute approximate surface area is 149 Å². The van der Waals surface area contributed by atoms with Crippen LogP contribution in [0.25, 0.3) is 0 Å². The van der Waals surface area contributed by atoms with Gasteiger partial charge in [-0.15, -0.1) is 0 Å². The molecule has 126 valence electrons. The molecule has 1 aromatic heterocycles. The average molecular weight is 392 g/mol. The van der Waals surface area contributed by atoms with Gasteiger partial charge in [0.1, 0.15) is 5.75 Å². The predicted molar refractivity (Wildman–Crippen MR) is 92.2 cm³/mol. The Morgan fingerprint density at radius 2 is 2.21 bits per heavy atom. The van der Waals surface area contributed by atoms with Crippen LogP contribution in [0.3, 0.4) is 0 Å². The standard InChI is InChI=1S/C18H18BrNO4/c19-16-6-5-15(24-17-7-4-13(11-21)10-20-17)9-14(16)12-23-18-3-1-2-8-22-18/h4-7,9-11,18H,1-3,8,12H2. The maximum absolute atomic E-state index is 10.7. The Balaban J connectivity index is 1.64. The fourth-order valence-corrected chi connectivity index (χ4v) is 2.75. The molecule has 1 saturated heterocycles. The van der Waals surface area contributed by atoms with Crippen LogP contribution in [0, 0.1) is 0 Å². The van der Waals surface area contributed by atoms with Gasteiger partial charge in [-0.1, -0.05) is 15.9 Å². The molecule has 6 heteroatoms. The van der Waals surface area contributed by atoms with Gasteiger partial charge in [-0.2, -0.15) is 0 Å². The zero-order valence-electron chi connectivity index (χ0n) is 13.1. The summed E-state index contributed by atoms with van der Waals surface area (Å²) in [6.07, 6.45) is 5.26. The van der Waals surface area contributed by atoms with E-state index in [0.717, 1.165) is 42.2 Å². The van der Waals surface area contributed by atoms with Crippen LogP contribution in [0.2, 0.25) is 0 Å². The third kappa shape index (κ3) is 4.63. The smallest absolute Gasteiger partial charge is 0.219 e. The summed E-state index contributed by atoms with van der Waals surface area (Å²) in [5, 5.41) is 0. The van der Waals surface area contributed by atoms with E-state index in [9.17, 15) is 4.79 Å². The molecule has 0 amide bonds. The first-order valence-corrected chi connectivity index (χ1v) is 8.64. The van der Waals surface area contributed by atoms with Crippen molar-refractivity contribution in [3.05, 3.63) is 52.1 Å². The molecule has 1 atom stereocenters. The van der Waals surface area contributed by atoms with Crippen molar-refractivity contribution < 1.29 is 19.0 Å². The van der Waals surface area contributed by atoms with Gasteiger partial charge in [-0.3, -0.25) is 4.79 Å². The van der Waals surface area contributed by atoms with Gasteiger partial charge in [-0.25, -0.2) is 4.98 Å². The van der Waals surface area contributed by atoms with Gasteiger partial charge in [0.15, 0.2) is 12.6 Å². The molecule has 0 radical (unpaired) electrons. The topological polar surface area (TPSA) is 57.7 Å². The molecular formula is C18H18BrNO4. The maximum Gasteiger partial charge on any atom is 0.219 e. The monoisotopic (exact) mass is 391 g/mol. The van der Waals surface area contributed by atoms with E-state index in [2.05, 4.69) is 20.9 Å². The highest BCUT2D eigenvalue weighted by molar-refractivity contribution is 9.10. The minimum atomic E-state index is -0.132. The molecule has 3 rings (SSSR count). The van der Waals surface area contributed by atoms with Crippen LogP contribution in [0.15, 0.2) is 41.0 Å². The van der Waals surface area contributed by atoms with Gasteiger partial charge in [0, 0.05) is 28.9 Å². The lowest BCUT2D eigenvalue weighted by molar-refractivity contribution is -0.169. The quantitative estimate of drug-likeness (QED) is 0.678. The summed E-state index contributed by atoms with van der Waals surface area (Å²) in [6.45, 7) is 1.21. The Bertz CT molecular complexity index is 684. The van der Waals surface area contributed by atoms with Gasteiger partial charge in [0.2, 0.25) is 5.88 Å². The average Bonchev–Trinajstić information content (AvgIpc) is 2.63. The molecule has 1 fully saturated rings. The zero-order valence-corrected chi connectivity index (χ0v) is 14.7. The first kappa shape index (κ1) is 17.1. The van der Waals surface area contributed by atoms with Crippen LogP contribution in [0.4, 0.5) is 0 Å². The number of aromatic nitrogens is 1. The van der Waals surface area contributed by atoms with Gasteiger partial charge in [0.05, 0.1) is 6.61 Å². The highest BCUT2D eigenvalue weighted by Crippen LogP contribution is 2.27. The van der Waals surface area contributed by atoms with Gasteiger partial charge >= 0.3 is 0 Å². The summed E-state index contributed by atoms with van der Waals surface area (Å²) in [7, 11) is 0. The van der Waals surface area contributed by atoms with Crippen molar-refractivity contribution in [2.24, 2.45) is 0 Å². The van der Waals surface area contributed by atoms with Crippen molar-refractivity contribution in [1.29, 1.82) is 0 Å². The molecule has 2 aromatic rings. The summed E-state index contributed by atoms with van der Waals surface area (Å²) < 4.78 is 18.1. The molecule has 0 N–H and O–H groups in total. The lowest BCUT2D eigenvalue weighted by Gasteiger charge is -2.23. The van der Waals surface area contributed by atoms with Crippen LogP contribution >= 0.6 is 15.9 Å². The summed E-state index contributed by atoms with van der Waals surface area (Å²) in [5.74, 6) is 1.10. The van der Waals surface area contributed by atoms with E-state index in [0.29, 0.717) is 23.8 Å². The first-order valence-electron chi connectivity index (χ1n) is 7.85. The molecule has 24 heavy (non-hydrogen) atoms. The number of carbonyl (C=O) groups excluding carboxylic acids is 1. The highest BCUT2D eigenvalue weighted by atomic mass is 79.9. The molecular weight excluding hydrogens is 374 g/mol. The number of pyridine rings is 1. The summed E-state index contributed by atoms with van der Waals surface area (Å²) in [6, 6.07) is 8.99. The number of benzene rings is 1. The summed E-state index contributed by atoms with van der Waals surface area (Å²) in [4.78, 5) is 14.8. The number of aldehydes is 1. The van der Waals surface area contributed by atoms with Crippen molar-refractivity contribution in [3.63, 3.8) is 0 Å². The number of hydrogen-bond acceptors (Lipinski definition) is 5. The fourth-order valence-electron chi connectivity index (χ4n) is 2.39. The molecule has 1 unspecified atom stereocenters. The van der Waals surface area contributed by atoms with Crippen molar-refractivity contribution >= 4 is 22.2 Å². The van der Waals surface area contributed by atoms with Gasteiger partial charge in [-0.05, 0) is 49.1 Å². The summed E-state index contributed by atoms with van der Waals surface area (Å²) >= 11 is 3.53. The number of ether oxygens (including phenoxy) is 3. The lowest BCUT2D eigenvalue weighted by Crippen LogP contribution is -2.22. The maximum atomic E-state index is 10.7. The first-order chi connectivity index (χ1) is 11.7. The minimum absolute atomic E-state index is 0.132. The van der Waals surface area contributed by atoms with E-state index in [1.807, 2.05) is 18.2 Å². The molecule has 2 heterocycles. The van der Waals surface area contributed by atoms with Gasteiger partial charge in [0.25, 0.3) is 0 Å². The van der Waals surface area contributed by atoms with Crippen molar-refractivity contribution in [1.82, 2.24) is 4.98 Å². The Kier molecular flexibility index (Phi) is 5.96. The van der Waals surface area contributed by atoms with Crippen LogP contribution in [-0.4, -0.2) is 24.2 Å². The Hall–Kier alpha value is -1.76. The number of nitrogens with zero attached hydrogens (tertiary/aromatic N) is 1. The van der Waals surface area contributed by atoms with Crippen molar-refractivity contribution in [2.75, 3.05) is 6.61 Å². The number of hydrogen-bond donors (Lipinski definition) is 0. The van der Waals surface area contributed by atoms with E-state index >= 15 is 0 Å². The molecule has 0 bridgehead atoms. The normalized spacial score (nSPS) is 17.5. The molecule has 1 aliphatic rings. The van der Waals surface area contributed by atoms with E-state index < -0.39 is 0 Å². The number of carbonyl (C=O) groups is 1. The molecule has 5 nitrogen and oxygen atoms in total. The molecule has 1 aromatic carbocycles. The van der Waals surface area contributed by atoms with Crippen LogP contribution in [0.5, 0.6) is 11.6 Å². The SMILES string of the molecule is O=Cc1ccc(Oc2ccc(Br)c(COC3CCCCO3)c2)nc1. The highest BCUT2D eigenvalue weighted by Gasteiger charge is 2.15. The Morgan fingerprint density at radius 3 is 2.92 bits per heavy atom. The lowest BCUT2D eigenvalue weighted by atomic mass is 10.2. The van der Waals surface area contributed by atoms with Crippen molar-refractivity contribution in [3.8, 4) is 11.6 Å². The van der Waals surface area contributed by atoms with Crippen LogP contribution in [-0.2, 0) is 16.1 Å². The van der Waals surface area contributed by atoms with E-state index in [1.54, 1.807) is 12.1 Å². The molecule has 0 saturated carbocycles.